The number of rotatable bonds is 4. The Kier molecular flexibility index (Phi) is 3.72. The fourth-order valence-electron chi connectivity index (χ4n) is 2.24. The number of anilines is 1. The van der Waals surface area contributed by atoms with Gasteiger partial charge in [-0.2, -0.15) is 0 Å². The van der Waals surface area contributed by atoms with Crippen LogP contribution in [0.15, 0.2) is 30.3 Å². The summed E-state index contributed by atoms with van der Waals surface area (Å²) in [5, 5.41) is 15.8. The van der Waals surface area contributed by atoms with Gasteiger partial charge in [0.1, 0.15) is 5.82 Å². The van der Waals surface area contributed by atoms with Gasteiger partial charge in [0.25, 0.3) is 5.69 Å². The van der Waals surface area contributed by atoms with Crippen molar-refractivity contribution in [2.45, 2.75) is 20.4 Å². The molecule has 0 spiro atoms. The summed E-state index contributed by atoms with van der Waals surface area (Å²) in [6, 6.07) is 8.31. The number of hydrogen-bond acceptors (Lipinski definition) is 6. The van der Waals surface area contributed by atoms with Gasteiger partial charge in [-0.15, -0.1) is 11.3 Å². The Labute approximate surface area is 131 Å². The first-order valence-corrected chi connectivity index (χ1v) is 7.56. The Hall–Kier alpha value is -2.54. The molecule has 112 valence electrons. The number of nitro benzene ring substituents is 1. The van der Waals surface area contributed by atoms with Crippen LogP contribution in [-0.2, 0) is 6.54 Å². The SMILES string of the molecule is Cc1nc(CNc2ccc3cc([N+](=O)[O-])ccc3n2)c(C)s1. The lowest BCUT2D eigenvalue weighted by molar-refractivity contribution is -0.384. The van der Waals surface area contributed by atoms with E-state index >= 15 is 0 Å². The maximum Gasteiger partial charge on any atom is 0.270 e. The number of nitrogens with one attached hydrogen (secondary N) is 1. The second kappa shape index (κ2) is 5.69. The summed E-state index contributed by atoms with van der Waals surface area (Å²) in [5.41, 5.74) is 1.82. The number of benzene rings is 1. The minimum Gasteiger partial charge on any atom is -0.364 e. The van der Waals surface area contributed by atoms with Crippen molar-refractivity contribution >= 4 is 33.7 Å². The monoisotopic (exact) mass is 314 g/mol. The van der Waals surface area contributed by atoms with E-state index in [1.165, 1.54) is 17.0 Å². The van der Waals surface area contributed by atoms with Gasteiger partial charge in [-0.1, -0.05) is 0 Å². The van der Waals surface area contributed by atoms with Crippen molar-refractivity contribution in [2.24, 2.45) is 0 Å². The van der Waals surface area contributed by atoms with E-state index in [4.69, 9.17) is 0 Å². The molecule has 2 heterocycles. The van der Waals surface area contributed by atoms with Crippen molar-refractivity contribution in [3.05, 3.63) is 56.0 Å². The van der Waals surface area contributed by atoms with Crippen LogP contribution in [0.2, 0.25) is 0 Å². The van der Waals surface area contributed by atoms with Gasteiger partial charge in [0.15, 0.2) is 0 Å². The van der Waals surface area contributed by atoms with Crippen molar-refractivity contribution in [1.82, 2.24) is 9.97 Å². The lowest BCUT2D eigenvalue weighted by atomic mass is 10.2. The first kappa shape index (κ1) is 14.4. The smallest absolute Gasteiger partial charge is 0.270 e. The Morgan fingerprint density at radius 1 is 1.23 bits per heavy atom. The van der Waals surface area contributed by atoms with Crippen LogP contribution in [0.3, 0.4) is 0 Å². The summed E-state index contributed by atoms with van der Waals surface area (Å²) in [4.78, 5) is 20.5. The lowest BCUT2D eigenvalue weighted by Crippen LogP contribution is -2.03. The molecule has 0 unspecified atom stereocenters. The molecule has 0 radical (unpaired) electrons. The molecule has 0 fully saturated rings. The van der Waals surface area contributed by atoms with Crippen molar-refractivity contribution in [2.75, 3.05) is 5.32 Å². The molecule has 6 nitrogen and oxygen atoms in total. The highest BCUT2D eigenvalue weighted by Crippen LogP contribution is 2.22. The number of pyridine rings is 1. The highest BCUT2D eigenvalue weighted by Gasteiger charge is 2.08. The number of non-ortho nitro benzene ring substituents is 1. The van der Waals surface area contributed by atoms with Gasteiger partial charge in [-0.05, 0) is 32.0 Å². The fraction of sp³-hybridized carbons (Fsp3) is 0.200. The molecular weight excluding hydrogens is 300 g/mol. The Morgan fingerprint density at radius 2 is 2.05 bits per heavy atom. The minimum absolute atomic E-state index is 0.0728. The van der Waals surface area contributed by atoms with Crippen LogP contribution in [0.5, 0.6) is 0 Å². The average molecular weight is 314 g/mol. The number of aryl methyl sites for hydroxylation is 2. The molecule has 22 heavy (non-hydrogen) atoms. The lowest BCUT2D eigenvalue weighted by Gasteiger charge is -2.06. The van der Waals surface area contributed by atoms with E-state index in [1.807, 2.05) is 19.1 Å². The van der Waals surface area contributed by atoms with Gasteiger partial charge in [-0.25, -0.2) is 9.97 Å². The van der Waals surface area contributed by atoms with E-state index in [2.05, 4.69) is 22.2 Å². The van der Waals surface area contributed by atoms with E-state index in [0.29, 0.717) is 6.54 Å². The normalized spacial score (nSPS) is 10.8. The number of hydrogen-bond donors (Lipinski definition) is 1. The van der Waals surface area contributed by atoms with Crippen molar-refractivity contribution in [3.63, 3.8) is 0 Å². The largest absolute Gasteiger partial charge is 0.364 e. The number of thiazole rings is 1. The van der Waals surface area contributed by atoms with Gasteiger partial charge < -0.3 is 5.32 Å². The predicted octanol–water partition coefficient (Wildman–Crippen LogP) is 3.83. The third-order valence-electron chi connectivity index (χ3n) is 3.32. The molecule has 0 amide bonds. The quantitative estimate of drug-likeness (QED) is 0.584. The van der Waals surface area contributed by atoms with Crippen LogP contribution in [0, 0.1) is 24.0 Å². The van der Waals surface area contributed by atoms with Gasteiger partial charge in [-0.3, -0.25) is 10.1 Å². The van der Waals surface area contributed by atoms with Crippen LogP contribution in [0.4, 0.5) is 11.5 Å². The third kappa shape index (κ3) is 2.89. The van der Waals surface area contributed by atoms with Crippen LogP contribution in [-0.4, -0.2) is 14.9 Å². The first-order chi connectivity index (χ1) is 10.5. The Morgan fingerprint density at radius 3 is 2.73 bits per heavy atom. The molecule has 0 aliphatic rings. The molecule has 7 heteroatoms. The van der Waals surface area contributed by atoms with E-state index < -0.39 is 4.92 Å². The molecule has 0 bridgehead atoms. The van der Waals surface area contributed by atoms with Gasteiger partial charge >= 0.3 is 0 Å². The Balaban J connectivity index is 1.81. The van der Waals surface area contributed by atoms with Gasteiger partial charge in [0.05, 0.1) is 27.7 Å². The summed E-state index contributed by atoms with van der Waals surface area (Å²) in [6.07, 6.45) is 0. The zero-order valence-electron chi connectivity index (χ0n) is 12.2. The predicted molar refractivity (Wildman–Crippen MR) is 87.3 cm³/mol. The van der Waals surface area contributed by atoms with Crippen LogP contribution < -0.4 is 5.32 Å². The van der Waals surface area contributed by atoms with E-state index in [9.17, 15) is 10.1 Å². The molecule has 1 N–H and O–H groups in total. The average Bonchev–Trinajstić information content (AvgIpc) is 2.82. The van der Waals surface area contributed by atoms with Crippen LogP contribution in [0.1, 0.15) is 15.6 Å². The summed E-state index contributed by atoms with van der Waals surface area (Å²) in [7, 11) is 0. The summed E-state index contributed by atoms with van der Waals surface area (Å²) >= 11 is 1.68. The summed E-state index contributed by atoms with van der Waals surface area (Å²) < 4.78 is 0. The van der Waals surface area contributed by atoms with Crippen molar-refractivity contribution in [1.29, 1.82) is 0 Å². The standard InChI is InChI=1S/C15H14N4O2S/c1-9-14(17-10(2)22-9)8-16-15-6-3-11-7-12(19(20)21)4-5-13(11)18-15/h3-7H,8H2,1-2H3,(H,16,18). The van der Waals surface area contributed by atoms with Gasteiger partial charge in [0, 0.05) is 22.4 Å². The number of aromatic nitrogens is 2. The van der Waals surface area contributed by atoms with Crippen molar-refractivity contribution < 1.29 is 4.92 Å². The topological polar surface area (TPSA) is 81.0 Å². The minimum atomic E-state index is -0.404. The maximum atomic E-state index is 10.8. The van der Waals surface area contributed by atoms with Gasteiger partial charge in [0.2, 0.25) is 0 Å². The Bertz CT molecular complexity index is 860. The zero-order valence-corrected chi connectivity index (χ0v) is 13.0. The molecule has 0 saturated heterocycles. The molecule has 0 aliphatic carbocycles. The highest BCUT2D eigenvalue weighted by atomic mass is 32.1. The number of nitrogens with zero attached hydrogens (tertiary/aromatic N) is 3. The number of fused-ring (bicyclic) bond motifs is 1. The first-order valence-electron chi connectivity index (χ1n) is 6.75. The van der Waals surface area contributed by atoms with Crippen LogP contribution in [0.25, 0.3) is 10.9 Å². The van der Waals surface area contributed by atoms with Crippen LogP contribution >= 0.6 is 11.3 Å². The second-order valence-corrected chi connectivity index (χ2v) is 6.33. The molecule has 0 saturated carbocycles. The molecule has 2 aromatic heterocycles. The third-order valence-corrected chi connectivity index (χ3v) is 4.25. The maximum absolute atomic E-state index is 10.8. The summed E-state index contributed by atoms with van der Waals surface area (Å²) in [5.74, 6) is 0.728. The van der Waals surface area contributed by atoms with Crippen molar-refractivity contribution in [3.8, 4) is 0 Å². The molecule has 0 atom stereocenters. The number of nitro groups is 1. The van der Waals surface area contributed by atoms with E-state index in [1.54, 1.807) is 17.4 Å². The van der Waals surface area contributed by atoms with E-state index in [-0.39, 0.29) is 5.69 Å². The zero-order chi connectivity index (χ0) is 15.7. The van der Waals surface area contributed by atoms with E-state index in [0.717, 1.165) is 27.4 Å². The fourth-order valence-corrected chi connectivity index (χ4v) is 3.07. The molecule has 0 aliphatic heterocycles. The molecule has 3 aromatic rings. The molecule has 3 rings (SSSR count). The molecule has 1 aromatic carbocycles. The summed E-state index contributed by atoms with van der Waals surface area (Å²) in [6.45, 7) is 4.65. The molecular formula is C15H14N4O2S. The highest BCUT2D eigenvalue weighted by molar-refractivity contribution is 7.11. The second-order valence-electron chi connectivity index (χ2n) is 4.92.